The molecule has 1 heterocycles. The Morgan fingerprint density at radius 3 is 2.93 bits per heavy atom. The van der Waals surface area contributed by atoms with Gasteiger partial charge >= 0.3 is 0 Å². The van der Waals surface area contributed by atoms with Crippen molar-refractivity contribution in [1.29, 1.82) is 0 Å². The summed E-state index contributed by atoms with van der Waals surface area (Å²) in [5.74, 6) is 0.805. The predicted octanol–water partition coefficient (Wildman–Crippen LogP) is 0.155. The standard InChI is InChI=1S/C9H15N3O3/c1-6(13)3-4-9(14)10-5-8-11-7(2)15-12-8/h6,13H,3-5H2,1-2H3,(H,10,14). The third-order valence-corrected chi connectivity index (χ3v) is 1.80. The van der Waals surface area contributed by atoms with E-state index in [0.29, 0.717) is 24.6 Å². The van der Waals surface area contributed by atoms with E-state index in [1.54, 1.807) is 13.8 Å². The molecule has 0 radical (unpaired) electrons. The lowest BCUT2D eigenvalue weighted by atomic mass is 10.2. The lowest BCUT2D eigenvalue weighted by molar-refractivity contribution is -0.121. The number of aliphatic hydroxyl groups is 1. The smallest absolute Gasteiger partial charge is 0.223 e. The number of aliphatic hydroxyl groups excluding tert-OH is 1. The zero-order chi connectivity index (χ0) is 11.3. The van der Waals surface area contributed by atoms with Gasteiger partial charge in [-0.15, -0.1) is 0 Å². The van der Waals surface area contributed by atoms with Crippen LogP contribution < -0.4 is 5.32 Å². The maximum Gasteiger partial charge on any atom is 0.223 e. The van der Waals surface area contributed by atoms with Crippen LogP contribution in [0.2, 0.25) is 0 Å². The molecule has 1 atom stereocenters. The SMILES string of the molecule is Cc1nc(CNC(=O)CCC(C)O)no1. The van der Waals surface area contributed by atoms with E-state index in [1.165, 1.54) is 0 Å². The molecule has 1 aromatic rings. The summed E-state index contributed by atoms with van der Waals surface area (Å²) in [6, 6.07) is 0. The first-order valence-corrected chi connectivity index (χ1v) is 4.82. The molecule has 1 amide bonds. The number of rotatable bonds is 5. The second kappa shape index (κ2) is 5.45. The Bertz CT molecular complexity index is 322. The van der Waals surface area contributed by atoms with E-state index >= 15 is 0 Å². The lowest BCUT2D eigenvalue weighted by Crippen LogP contribution is -2.24. The average Bonchev–Trinajstić information content (AvgIpc) is 2.58. The minimum atomic E-state index is -0.455. The van der Waals surface area contributed by atoms with Crippen LogP contribution in [0.5, 0.6) is 0 Å². The molecular formula is C9H15N3O3. The Morgan fingerprint density at radius 1 is 1.67 bits per heavy atom. The molecule has 0 saturated carbocycles. The number of aromatic nitrogens is 2. The van der Waals surface area contributed by atoms with Crippen molar-refractivity contribution in [3.8, 4) is 0 Å². The first-order chi connectivity index (χ1) is 7.08. The van der Waals surface area contributed by atoms with E-state index in [-0.39, 0.29) is 12.5 Å². The third-order valence-electron chi connectivity index (χ3n) is 1.80. The van der Waals surface area contributed by atoms with Gasteiger partial charge in [-0.05, 0) is 13.3 Å². The first kappa shape index (κ1) is 11.6. The van der Waals surface area contributed by atoms with Crippen LogP contribution in [0.15, 0.2) is 4.52 Å². The molecule has 0 fully saturated rings. The minimum Gasteiger partial charge on any atom is -0.393 e. The fourth-order valence-electron chi connectivity index (χ4n) is 1.02. The maximum atomic E-state index is 11.2. The molecule has 1 aromatic heterocycles. The normalized spacial score (nSPS) is 12.5. The second-order valence-corrected chi connectivity index (χ2v) is 3.39. The molecule has 1 unspecified atom stereocenters. The third kappa shape index (κ3) is 4.55. The number of carbonyl (C=O) groups excluding carboxylic acids is 1. The van der Waals surface area contributed by atoms with E-state index < -0.39 is 6.10 Å². The van der Waals surface area contributed by atoms with Crippen molar-refractivity contribution in [3.63, 3.8) is 0 Å². The van der Waals surface area contributed by atoms with Gasteiger partial charge in [0.1, 0.15) is 0 Å². The Balaban J connectivity index is 2.22. The van der Waals surface area contributed by atoms with Crippen LogP contribution in [0.1, 0.15) is 31.5 Å². The fraction of sp³-hybridized carbons (Fsp3) is 0.667. The van der Waals surface area contributed by atoms with Gasteiger partial charge in [0.05, 0.1) is 12.6 Å². The molecular weight excluding hydrogens is 198 g/mol. The largest absolute Gasteiger partial charge is 0.393 e. The van der Waals surface area contributed by atoms with Crippen LogP contribution >= 0.6 is 0 Å². The van der Waals surface area contributed by atoms with Crippen molar-refractivity contribution in [2.45, 2.75) is 39.3 Å². The summed E-state index contributed by atoms with van der Waals surface area (Å²) in [5, 5.41) is 15.2. The first-order valence-electron chi connectivity index (χ1n) is 4.82. The van der Waals surface area contributed by atoms with Crippen molar-refractivity contribution in [2.24, 2.45) is 0 Å². The highest BCUT2D eigenvalue weighted by Crippen LogP contribution is 1.97. The highest BCUT2D eigenvalue weighted by Gasteiger charge is 2.06. The van der Waals surface area contributed by atoms with E-state index in [0.717, 1.165) is 0 Å². The molecule has 1 rings (SSSR count). The molecule has 0 spiro atoms. The van der Waals surface area contributed by atoms with Crippen molar-refractivity contribution in [1.82, 2.24) is 15.5 Å². The van der Waals surface area contributed by atoms with Crippen molar-refractivity contribution < 1.29 is 14.4 Å². The van der Waals surface area contributed by atoms with Crippen LogP contribution in [-0.4, -0.2) is 27.3 Å². The highest BCUT2D eigenvalue weighted by atomic mass is 16.5. The molecule has 6 nitrogen and oxygen atoms in total. The Kier molecular flexibility index (Phi) is 4.23. The summed E-state index contributed by atoms with van der Waals surface area (Å²) < 4.78 is 4.74. The Labute approximate surface area is 87.7 Å². The Hall–Kier alpha value is -1.43. The molecule has 0 bridgehead atoms. The van der Waals surface area contributed by atoms with Crippen LogP contribution in [-0.2, 0) is 11.3 Å². The van der Waals surface area contributed by atoms with Crippen molar-refractivity contribution in [3.05, 3.63) is 11.7 Å². The van der Waals surface area contributed by atoms with Crippen molar-refractivity contribution >= 4 is 5.91 Å². The maximum absolute atomic E-state index is 11.2. The van der Waals surface area contributed by atoms with Gasteiger partial charge in [0.2, 0.25) is 11.8 Å². The monoisotopic (exact) mass is 213 g/mol. The summed E-state index contributed by atoms with van der Waals surface area (Å²) in [6.07, 6.45) is 0.300. The lowest BCUT2D eigenvalue weighted by Gasteiger charge is -2.03. The molecule has 6 heteroatoms. The summed E-state index contributed by atoms with van der Waals surface area (Å²) in [7, 11) is 0. The van der Waals surface area contributed by atoms with Gasteiger partial charge in [-0.1, -0.05) is 5.16 Å². The van der Waals surface area contributed by atoms with Crippen LogP contribution in [0, 0.1) is 6.92 Å². The summed E-state index contributed by atoms with van der Waals surface area (Å²) >= 11 is 0. The van der Waals surface area contributed by atoms with Crippen LogP contribution in [0.4, 0.5) is 0 Å². The molecule has 0 aliphatic carbocycles. The number of nitrogens with zero attached hydrogens (tertiary/aromatic N) is 2. The zero-order valence-electron chi connectivity index (χ0n) is 8.86. The topological polar surface area (TPSA) is 88.2 Å². The van der Waals surface area contributed by atoms with Gasteiger partial charge in [0, 0.05) is 13.3 Å². The van der Waals surface area contributed by atoms with Crippen molar-refractivity contribution in [2.75, 3.05) is 0 Å². The summed E-state index contributed by atoms with van der Waals surface area (Å²) in [4.78, 5) is 15.2. The molecule has 0 aliphatic rings. The number of carbonyl (C=O) groups is 1. The molecule has 2 N–H and O–H groups in total. The number of hydrogen-bond acceptors (Lipinski definition) is 5. The molecule has 0 aliphatic heterocycles. The number of hydrogen-bond donors (Lipinski definition) is 2. The summed E-state index contributed by atoms with van der Waals surface area (Å²) in [6.45, 7) is 3.59. The van der Waals surface area contributed by atoms with Crippen LogP contribution in [0.3, 0.4) is 0 Å². The summed E-state index contributed by atoms with van der Waals surface area (Å²) in [5.41, 5.74) is 0. The molecule has 0 saturated heterocycles. The molecule has 84 valence electrons. The van der Waals surface area contributed by atoms with Gasteiger partial charge in [0.15, 0.2) is 5.82 Å². The van der Waals surface area contributed by atoms with Gasteiger partial charge in [-0.2, -0.15) is 4.98 Å². The Morgan fingerprint density at radius 2 is 2.40 bits per heavy atom. The van der Waals surface area contributed by atoms with Crippen LogP contribution in [0.25, 0.3) is 0 Å². The highest BCUT2D eigenvalue weighted by molar-refractivity contribution is 5.75. The fourth-order valence-corrected chi connectivity index (χ4v) is 1.02. The predicted molar refractivity (Wildman–Crippen MR) is 51.8 cm³/mol. The molecule has 15 heavy (non-hydrogen) atoms. The van der Waals surface area contributed by atoms with E-state index in [1.807, 2.05) is 0 Å². The number of aryl methyl sites for hydroxylation is 1. The average molecular weight is 213 g/mol. The second-order valence-electron chi connectivity index (χ2n) is 3.39. The van der Waals surface area contributed by atoms with Gasteiger partial charge < -0.3 is 14.9 Å². The molecule has 0 aromatic carbocycles. The van der Waals surface area contributed by atoms with E-state index in [2.05, 4.69) is 15.5 Å². The minimum absolute atomic E-state index is 0.127. The van der Waals surface area contributed by atoms with E-state index in [9.17, 15) is 4.79 Å². The van der Waals surface area contributed by atoms with Gasteiger partial charge in [-0.25, -0.2) is 0 Å². The quantitative estimate of drug-likeness (QED) is 0.727. The van der Waals surface area contributed by atoms with E-state index in [4.69, 9.17) is 9.63 Å². The number of nitrogens with one attached hydrogen (secondary N) is 1. The van der Waals surface area contributed by atoms with Gasteiger partial charge in [-0.3, -0.25) is 4.79 Å². The zero-order valence-corrected chi connectivity index (χ0v) is 8.86. The number of amides is 1. The van der Waals surface area contributed by atoms with Gasteiger partial charge in [0.25, 0.3) is 0 Å².